The summed E-state index contributed by atoms with van der Waals surface area (Å²) in [6.45, 7) is 0. The number of anilines is 1. The molecule has 4 nitrogen and oxygen atoms in total. The lowest BCUT2D eigenvalue weighted by atomic mass is 9.90. The minimum atomic E-state index is -0.256. The van der Waals surface area contributed by atoms with Crippen LogP contribution in [0.25, 0.3) is 0 Å². The zero-order valence-electron chi connectivity index (χ0n) is 10.9. The van der Waals surface area contributed by atoms with Gasteiger partial charge < -0.3 is 5.32 Å². The Hall–Kier alpha value is -1.94. The van der Waals surface area contributed by atoms with Crippen LogP contribution < -0.4 is 5.32 Å². The van der Waals surface area contributed by atoms with Gasteiger partial charge in [0, 0.05) is 5.69 Å². The fraction of sp³-hybridized carbons (Fsp3) is 0.267. The van der Waals surface area contributed by atoms with Gasteiger partial charge in [0.1, 0.15) is 0 Å². The molecule has 0 fully saturated rings. The van der Waals surface area contributed by atoms with Crippen molar-refractivity contribution < 1.29 is 4.79 Å². The van der Waals surface area contributed by atoms with Gasteiger partial charge in [0.25, 0.3) is 5.91 Å². The number of rotatable bonds is 2. The number of aryl methyl sites for hydroxylation is 1. The lowest BCUT2D eigenvalue weighted by Crippen LogP contribution is -2.17. The second kappa shape index (κ2) is 5.59. The van der Waals surface area contributed by atoms with Gasteiger partial charge in [-0.25, -0.2) is 0 Å². The molecule has 0 atom stereocenters. The second-order valence-corrected chi connectivity index (χ2v) is 5.23. The van der Waals surface area contributed by atoms with Crippen molar-refractivity contribution in [1.82, 2.24) is 10.2 Å². The Bertz CT molecular complexity index is 640. The van der Waals surface area contributed by atoms with Gasteiger partial charge in [-0.15, -0.1) is 10.2 Å². The maximum absolute atomic E-state index is 12.2. The van der Waals surface area contributed by atoms with E-state index in [-0.39, 0.29) is 16.8 Å². The normalized spacial score (nSPS) is 13.7. The monoisotopic (exact) mass is 287 g/mol. The number of nitrogens with one attached hydrogen (secondary N) is 1. The molecule has 1 aromatic carbocycles. The third-order valence-corrected chi connectivity index (χ3v) is 3.71. The molecule has 0 saturated heterocycles. The van der Waals surface area contributed by atoms with Crippen LogP contribution in [0.4, 0.5) is 5.69 Å². The molecule has 0 aliphatic heterocycles. The van der Waals surface area contributed by atoms with Gasteiger partial charge in [-0.1, -0.05) is 23.7 Å². The number of hydrogen-bond donors (Lipinski definition) is 1. The van der Waals surface area contributed by atoms with Crippen LogP contribution in [0.3, 0.4) is 0 Å². The van der Waals surface area contributed by atoms with Gasteiger partial charge in [-0.05, 0) is 55.0 Å². The van der Waals surface area contributed by atoms with E-state index in [1.54, 1.807) is 12.1 Å². The highest BCUT2D eigenvalue weighted by atomic mass is 35.5. The van der Waals surface area contributed by atoms with Crippen molar-refractivity contribution in [2.75, 3.05) is 5.32 Å². The predicted molar refractivity (Wildman–Crippen MR) is 78.1 cm³/mol. The van der Waals surface area contributed by atoms with E-state index in [4.69, 9.17) is 11.6 Å². The van der Waals surface area contributed by atoms with Crippen molar-refractivity contribution in [3.8, 4) is 0 Å². The number of benzene rings is 1. The van der Waals surface area contributed by atoms with Crippen LogP contribution in [-0.2, 0) is 12.8 Å². The number of fused-ring (bicyclic) bond motifs is 1. The molecule has 0 spiro atoms. The van der Waals surface area contributed by atoms with Crippen LogP contribution in [0, 0.1) is 0 Å². The Labute approximate surface area is 122 Å². The van der Waals surface area contributed by atoms with Crippen molar-refractivity contribution >= 4 is 23.2 Å². The van der Waals surface area contributed by atoms with Crippen LogP contribution in [0.2, 0.25) is 5.15 Å². The maximum atomic E-state index is 12.2. The minimum absolute atomic E-state index is 0.256. The first-order valence-electron chi connectivity index (χ1n) is 6.65. The average Bonchev–Trinajstić information content (AvgIpc) is 2.48. The number of amides is 1. The molecule has 0 bridgehead atoms. The first-order chi connectivity index (χ1) is 9.74. The van der Waals surface area contributed by atoms with Crippen molar-refractivity contribution in [2.24, 2.45) is 0 Å². The van der Waals surface area contributed by atoms with Crippen molar-refractivity contribution in [2.45, 2.75) is 25.7 Å². The molecular formula is C15H14ClN3O. The Morgan fingerprint density at radius 2 is 1.95 bits per heavy atom. The number of halogens is 1. The molecule has 0 unspecified atom stereocenters. The van der Waals surface area contributed by atoms with Crippen molar-refractivity contribution in [3.05, 3.63) is 52.3 Å². The van der Waals surface area contributed by atoms with E-state index in [0.717, 1.165) is 18.5 Å². The second-order valence-electron chi connectivity index (χ2n) is 4.85. The SMILES string of the molecule is O=C(Nc1cccc2c1CCCC2)c1ccc(Cl)nn1. The van der Waals surface area contributed by atoms with Gasteiger partial charge >= 0.3 is 0 Å². The highest BCUT2D eigenvalue weighted by molar-refractivity contribution is 6.29. The summed E-state index contributed by atoms with van der Waals surface area (Å²) in [4.78, 5) is 12.2. The van der Waals surface area contributed by atoms with E-state index in [2.05, 4.69) is 21.6 Å². The van der Waals surface area contributed by atoms with E-state index < -0.39 is 0 Å². The third kappa shape index (κ3) is 2.65. The molecule has 1 heterocycles. The molecule has 1 aliphatic rings. The van der Waals surface area contributed by atoms with Crippen LogP contribution in [0.1, 0.15) is 34.5 Å². The summed E-state index contributed by atoms with van der Waals surface area (Å²) in [6, 6.07) is 9.18. The zero-order chi connectivity index (χ0) is 13.9. The summed E-state index contributed by atoms with van der Waals surface area (Å²) in [5.74, 6) is -0.256. The summed E-state index contributed by atoms with van der Waals surface area (Å²) < 4.78 is 0. The fourth-order valence-corrected chi connectivity index (χ4v) is 2.62. The van der Waals surface area contributed by atoms with Gasteiger partial charge in [-0.2, -0.15) is 0 Å². The molecule has 1 aromatic heterocycles. The molecular weight excluding hydrogens is 274 g/mol. The first-order valence-corrected chi connectivity index (χ1v) is 7.03. The summed E-state index contributed by atoms with van der Waals surface area (Å²) in [5.41, 5.74) is 3.72. The van der Waals surface area contributed by atoms with Crippen LogP contribution in [-0.4, -0.2) is 16.1 Å². The molecule has 1 N–H and O–H groups in total. The molecule has 2 aromatic rings. The quantitative estimate of drug-likeness (QED) is 0.922. The van der Waals surface area contributed by atoms with E-state index in [1.807, 2.05) is 12.1 Å². The van der Waals surface area contributed by atoms with E-state index in [0.29, 0.717) is 0 Å². The van der Waals surface area contributed by atoms with Crippen molar-refractivity contribution in [1.29, 1.82) is 0 Å². The standard InChI is InChI=1S/C15H14ClN3O/c16-14-9-8-13(18-19-14)15(20)17-12-7-3-5-10-4-1-2-6-11(10)12/h3,5,7-9H,1-2,4,6H2,(H,17,20). The summed E-state index contributed by atoms with van der Waals surface area (Å²) in [5, 5.41) is 10.7. The summed E-state index contributed by atoms with van der Waals surface area (Å²) in [6.07, 6.45) is 4.48. The molecule has 3 rings (SSSR count). The maximum Gasteiger partial charge on any atom is 0.276 e. The molecule has 0 radical (unpaired) electrons. The lowest BCUT2D eigenvalue weighted by Gasteiger charge is -2.19. The molecule has 1 aliphatic carbocycles. The van der Waals surface area contributed by atoms with Gasteiger partial charge in [0.2, 0.25) is 0 Å². The molecule has 0 saturated carbocycles. The van der Waals surface area contributed by atoms with Crippen LogP contribution in [0.15, 0.2) is 30.3 Å². The number of carbonyl (C=O) groups is 1. The highest BCUT2D eigenvalue weighted by Crippen LogP contribution is 2.28. The lowest BCUT2D eigenvalue weighted by molar-refractivity contribution is 0.102. The number of carbonyl (C=O) groups excluding carboxylic acids is 1. The van der Waals surface area contributed by atoms with Crippen molar-refractivity contribution in [3.63, 3.8) is 0 Å². The largest absolute Gasteiger partial charge is 0.320 e. The van der Waals surface area contributed by atoms with E-state index in [9.17, 15) is 4.79 Å². The van der Waals surface area contributed by atoms with Gasteiger partial charge in [0.15, 0.2) is 10.8 Å². The fourth-order valence-electron chi connectivity index (χ4n) is 2.52. The van der Waals surface area contributed by atoms with E-state index in [1.165, 1.54) is 24.0 Å². The van der Waals surface area contributed by atoms with Gasteiger partial charge in [0.05, 0.1) is 0 Å². The Kier molecular flexibility index (Phi) is 3.65. The summed E-state index contributed by atoms with van der Waals surface area (Å²) >= 11 is 5.67. The van der Waals surface area contributed by atoms with Crippen LogP contribution in [0.5, 0.6) is 0 Å². The zero-order valence-corrected chi connectivity index (χ0v) is 11.7. The molecule has 5 heteroatoms. The average molecular weight is 288 g/mol. The topological polar surface area (TPSA) is 54.9 Å². The van der Waals surface area contributed by atoms with Crippen LogP contribution >= 0.6 is 11.6 Å². The first kappa shape index (κ1) is 13.1. The minimum Gasteiger partial charge on any atom is -0.320 e. The molecule has 20 heavy (non-hydrogen) atoms. The smallest absolute Gasteiger partial charge is 0.276 e. The highest BCUT2D eigenvalue weighted by Gasteiger charge is 2.15. The summed E-state index contributed by atoms with van der Waals surface area (Å²) in [7, 11) is 0. The third-order valence-electron chi connectivity index (χ3n) is 3.51. The Balaban J connectivity index is 1.84. The number of hydrogen-bond acceptors (Lipinski definition) is 3. The van der Waals surface area contributed by atoms with Gasteiger partial charge in [-0.3, -0.25) is 4.79 Å². The number of nitrogens with zero attached hydrogens (tertiary/aromatic N) is 2. The molecule has 1 amide bonds. The Morgan fingerprint density at radius 3 is 2.75 bits per heavy atom. The Morgan fingerprint density at radius 1 is 1.10 bits per heavy atom. The van der Waals surface area contributed by atoms with E-state index >= 15 is 0 Å². The predicted octanol–water partition coefficient (Wildman–Crippen LogP) is 3.26. The molecule has 102 valence electrons. The number of aromatic nitrogens is 2.